The molecular formula is C16H32O2Si. The van der Waals surface area contributed by atoms with Crippen LogP contribution >= 0.6 is 0 Å². The summed E-state index contributed by atoms with van der Waals surface area (Å²) >= 11 is 0. The molecule has 0 heterocycles. The Morgan fingerprint density at radius 3 is 2.37 bits per heavy atom. The van der Waals surface area contributed by atoms with Crippen LogP contribution in [0.25, 0.3) is 0 Å². The fourth-order valence-corrected chi connectivity index (χ4v) is 4.40. The lowest BCUT2D eigenvalue weighted by atomic mass is 9.75. The molecule has 0 aromatic rings. The van der Waals surface area contributed by atoms with Crippen molar-refractivity contribution < 1.29 is 9.53 Å². The maximum Gasteiger partial charge on any atom is 0.192 e. The van der Waals surface area contributed by atoms with Crippen molar-refractivity contribution in [3.8, 4) is 0 Å². The maximum atomic E-state index is 9.42. The molecule has 0 aromatic heterocycles. The average Bonchev–Trinajstić information content (AvgIpc) is 2.56. The van der Waals surface area contributed by atoms with Crippen molar-refractivity contribution in [2.24, 2.45) is 11.3 Å². The van der Waals surface area contributed by atoms with Crippen LogP contribution in [0.15, 0.2) is 12.7 Å². The van der Waals surface area contributed by atoms with Gasteiger partial charge in [-0.25, -0.2) is 0 Å². The quantitative estimate of drug-likeness (QED) is 0.600. The van der Waals surface area contributed by atoms with Crippen molar-refractivity contribution >= 4 is 8.32 Å². The minimum atomic E-state index is -1.76. The van der Waals surface area contributed by atoms with Crippen molar-refractivity contribution in [3.63, 3.8) is 0 Å². The summed E-state index contributed by atoms with van der Waals surface area (Å²) in [6.45, 7) is 18.0. The topological polar surface area (TPSA) is 29.5 Å². The highest BCUT2D eigenvalue weighted by Gasteiger charge is 2.50. The van der Waals surface area contributed by atoms with Gasteiger partial charge in [0.05, 0.1) is 6.10 Å². The van der Waals surface area contributed by atoms with E-state index >= 15 is 0 Å². The zero-order valence-electron chi connectivity index (χ0n) is 13.6. The van der Waals surface area contributed by atoms with Crippen LogP contribution in [0, 0.1) is 11.3 Å². The Balaban J connectivity index is 2.96. The van der Waals surface area contributed by atoms with Gasteiger partial charge in [0.25, 0.3) is 0 Å². The Hall–Kier alpha value is -0.123. The molecule has 1 aliphatic carbocycles. The van der Waals surface area contributed by atoms with E-state index in [1.165, 1.54) is 6.42 Å². The summed E-state index contributed by atoms with van der Waals surface area (Å²) in [5, 5.41) is 9.65. The van der Waals surface area contributed by atoms with Crippen molar-refractivity contribution in [2.75, 3.05) is 6.61 Å². The predicted molar refractivity (Wildman–Crippen MR) is 84.8 cm³/mol. The van der Waals surface area contributed by atoms with E-state index in [0.29, 0.717) is 5.92 Å². The smallest absolute Gasteiger partial charge is 0.192 e. The molecule has 0 unspecified atom stereocenters. The molecule has 3 atom stereocenters. The van der Waals surface area contributed by atoms with Crippen LogP contribution in [-0.4, -0.2) is 26.1 Å². The van der Waals surface area contributed by atoms with Gasteiger partial charge in [-0.3, -0.25) is 0 Å². The summed E-state index contributed by atoms with van der Waals surface area (Å²) in [5.74, 6) is 0.548. The Morgan fingerprint density at radius 1 is 1.37 bits per heavy atom. The molecule has 0 radical (unpaired) electrons. The largest absolute Gasteiger partial charge is 0.413 e. The van der Waals surface area contributed by atoms with Crippen LogP contribution < -0.4 is 0 Å². The highest BCUT2D eigenvalue weighted by atomic mass is 28.4. The zero-order valence-corrected chi connectivity index (χ0v) is 14.6. The van der Waals surface area contributed by atoms with Crippen LogP contribution in [-0.2, 0) is 4.43 Å². The van der Waals surface area contributed by atoms with E-state index in [1.807, 2.05) is 0 Å². The first-order valence-electron chi connectivity index (χ1n) is 7.53. The zero-order chi connectivity index (χ0) is 14.9. The third-order valence-corrected chi connectivity index (χ3v) is 10.0. The van der Waals surface area contributed by atoms with Crippen LogP contribution in [0.4, 0.5) is 0 Å². The number of aliphatic hydroxyl groups excluding tert-OH is 1. The number of hydrogen-bond acceptors (Lipinski definition) is 2. The Labute approximate surface area is 120 Å². The van der Waals surface area contributed by atoms with E-state index in [9.17, 15) is 5.11 Å². The molecule has 1 aliphatic rings. The number of hydrogen-bond donors (Lipinski definition) is 1. The first-order valence-corrected chi connectivity index (χ1v) is 10.4. The van der Waals surface area contributed by atoms with Gasteiger partial charge in [-0.2, -0.15) is 0 Å². The highest BCUT2D eigenvalue weighted by Crippen LogP contribution is 2.51. The molecule has 19 heavy (non-hydrogen) atoms. The van der Waals surface area contributed by atoms with Gasteiger partial charge in [-0.05, 0) is 43.3 Å². The molecule has 1 rings (SSSR count). The second-order valence-electron chi connectivity index (χ2n) is 7.64. The Bertz CT molecular complexity index is 319. The second-order valence-corrected chi connectivity index (χ2v) is 12.4. The number of rotatable bonds is 5. The molecule has 0 aliphatic heterocycles. The van der Waals surface area contributed by atoms with E-state index < -0.39 is 8.32 Å². The molecule has 1 saturated carbocycles. The first kappa shape index (κ1) is 16.9. The van der Waals surface area contributed by atoms with Gasteiger partial charge in [-0.1, -0.05) is 33.8 Å². The summed E-state index contributed by atoms with van der Waals surface area (Å²) in [5.41, 5.74) is -0.0374. The summed E-state index contributed by atoms with van der Waals surface area (Å²) in [7, 11) is -1.76. The highest BCUT2D eigenvalue weighted by molar-refractivity contribution is 6.74. The maximum absolute atomic E-state index is 9.42. The van der Waals surface area contributed by atoms with Crippen LogP contribution in [0.3, 0.4) is 0 Å². The first-order chi connectivity index (χ1) is 8.60. The van der Waals surface area contributed by atoms with Gasteiger partial charge in [0.1, 0.15) is 0 Å². The lowest BCUT2D eigenvalue weighted by Crippen LogP contribution is -2.48. The van der Waals surface area contributed by atoms with E-state index in [4.69, 9.17) is 4.43 Å². The van der Waals surface area contributed by atoms with Crippen LogP contribution in [0.1, 0.15) is 47.0 Å². The fourth-order valence-electron chi connectivity index (χ4n) is 2.99. The Kier molecular flexibility index (Phi) is 5.08. The molecule has 0 aromatic carbocycles. The molecule has 1 N–H and O–H groups in total. The number of aliphatic hydroxyl groups is 1. The normalized spacial score (nSPS) is 32.6. The molecule has 2 nitrogen and oxygen atoms in total. The fraction of sp³-hybridized carbons (Fsp3) is 0.875. The molecule has 1 fully saturated rings. The lowest BCUT2D eigenvalue weighted by Gasteiger charge is -2.44. The van der Waals surface area contributed by atoms with Crippen molar-refractivity contribution in [1.29, 1.82) is 0 Å². The summed E-state index contributed by atoms with van der Waals surface area (Å²) < 4.78 is 6.65. The molecule has 112 valence electrons. The van der Waals surface area contributed by atoms with Crippen molar-refractivity contribution in [1.82, 2.24) is 0 Å². The SMILES string of the molecule is C=C[C@]1(CCO)[C@H](C)CC[C@@H]1O[Si](C)(C)C(C)(C)C. The van der Waals surface area contributed by atoms with Crippen molar-refractivity contribution in [3.05, 3.63) is 12.7 Å². The standard InChI is InChI=1S/C16H32O2Si/c1-8-16(11-12-17)13(2)9-10-14(16)18-19(6,7)15(3,4)5/h8,13-14,17H,1,9-12H2,2-7H3/t13-,14+,16+/m1/s1. The van der Waals surface area contributed by atoms with Gasteiger partial charge in [0, 0.05) is 12.0 Å². The van der Waals surface area contributed by atoms with E-state index in [-0.39, 0.29) is 23.2 Å². The minimum Gasteiger partial charge on any atom is -0.413 e. The van der Waals surface area contributed by atoms with E-state index in [2.05, 4.69) is 53.4 Å². The predicted octanol–water partition coefficient (Wildman–Crippen LogP) is 4.36. The second kappa shape index (κ2) is 5.70. The van der Waals surface area contributed by atoms with Gasteiger partial charge in [0.15, 0.2) is 8.32 Å². The summed E-state index contributed by atoms with van der Waals surface area (Å²) in [6, 6.07) is 0. The molecular weight excluding hydrogens is 252 g/mol. The minimum absolute atomic E-state index is 0.0374. The van der Waals surface area contributed by atoms with Gasteiger partial charge >= 0.3 is 0 Å². The molecule has 0 saturated heterocycles. The summed E-state index contributed by atoms with van der Waals surface area (Å²) in [6.07, 6.45) is 5.33. The molecule has 0 spiro atoms. The van der Waals surface area contributed by atoms with E-state index in [0.717, 1.165) is 12.8 Å². The Morgan fingerprint density at radius 2 is 1.95 bits per heavy atom. The van der Waals surface area contributed by atoms with Gasteiger partial charge in [0.2, 0.25) is 0 Å². The lowest BCUT2D eigenvalue weighted by molar-refractivity contribution is 0.0543. The van der Waals surface area contributed by atoms with E-state index in [1.54, 1.807) is 0 Å². The third kappa shape index (κ3) is 3.14. The van der Waals surface area contributed by atoms with Crippen molar-refractivity contribution in [2.45, 2.75) is 71.2 Å². The average molecular weight is 285 g/mol. The van der Waals surface area contributed by atoms with Crippen LogP contribution in [0.2, 0.25) is 18.1 Å². The molecule has 3 heteroatoms. The molecule has 0 amide bonds. The van der Waals surface area contributed by atoms with Crippen LogP contribution in [0.5, 0.6) is 0 Å². The third-order valence-electron chi connectivity index (χ3n) is 5.55. The monoisotopic (exact) mass is 284 g/mol. The summed E-state index contributed by atoms with van der Waals surface area (Å²) in [4.78, 5) is 0. The molecule has 0 bridgehead atoms. The van der Waals surface area contributed by atoms with Gasteiger partial charge < -0.3 is 9.53 Å². The van der Waals surface area contributed by atoms with Gasteiger partial charge in [-0.15, -0.1) is 6.58 Å².